The molecule has 6 rings (SSSR count). The molecule has 1 fully saturated rings. The van der Waals surface area contributed by atoms with E-state index in [-0.39, 0.29) is 11.5 Å². The van der Waals surface area contributed by atoms with Crippen LogP contribution in [0.5, 0.6) is 0 Å². The first-order valence-electron chi connectivity index (χ1n) is 12.0. The standard InChI is InChI=1S/C29H29N3O/c1-3-20-14-21-6-4-5-7-24(21)29(28(20)33)16-25(29)22-11-12-23-26(31-32-27(23)15-22)13-10-19-9-8-18(2)30-17-19/h4-13,15,17,20,25,28,33H,3,14,16H2,1-2H3,(H,31,32)/b13-10+. The number of pyridine rings is 1. The maximum absolute atomic E-state index is 11.4. The van der Waals surface area contributed by atoms with Crippen molar-refractivity contribution in [3.63, 3.8) is 0 Å². The third kappa shape index (κ3) is 3.24. The highest BCUT2D eigenvalue weighted by atomic mass is 16.3. The zero-order valence-corrected chi connectivity index (χ0v) is 19.1. The number of aliphatic hydroxyl groups is 1. The van der Waals surface area contributed by atoms with Crippen molar-refractivity contribution < 1.29 is 5.11 Å². The van der Waals surface area contributed by atoms with E-state index in [0.29, 0.717) is 11.8 Å². The topological polar surface area (TPSA) is 61.8 Å². The summed E-state index contributed by atoms with van der Waals surface area (Å²) in [4.78, 5) is 4.35. The van der Waals surface area contributed by atoms with E-state index < -0.39 is 0 Å². The summed E-state index contributed by atoms with van der Waals surface area (Å²) in [5.41, 5.74) is 7.95. The van der Waals surface area contributed by atoms with Crippen molar-refractivity contribution in [1.82, 2.24) is 15.2 Å². The summed E-state index contributed by atoms with van der Waals surface area (Å²) in [6, 6.07) is 19.5. The van der Waals surface area contributed by atoms with Crippen molar-refractivity contribution >= 4 is 23.1 Å². The molecule has 2 aromatic heterocycles. The second-order valence-corrected chi connectivity index (χ2v) is 9.75. The fraction of sp³-hybridized carbons (Fsp3) is 0.310. The third-order valence-electron chi connectivity index (χ3n) is 7.89. The molecular weight excluding hydrogens is 406 g/mol. The van der Waals surface area contributed by atoms with Crippen LogP contribution in [0.15, 0.2) is 60.8 Å². The number of aryl methyl sites for hydroxylation is 1. The summed E-state index contributed by atoms with van der Waals surface area (Å²) in [5, 5.41) is 20.3. The van der Waals surface area contributed by atoms with Gasteiger partial charge in [0.15, 0.2) is 0 Å². The highest BCUT2D eigenvalue weighted by Crippen LogP contribution is 2.66. The molecule has 0 saturated heterocycles. The van der Waals surface area contributed by atoms with Crippen molar-refractivity contribution in [2.24, 2.45) is 5.92 Å². The van der Waals surface area contributed by atoms with Gasteiger partial charge in [-0.05, 0) is 72.1 Å². The van der Waals surface area contributed by atoms with Crippen molar-refractivity contribution in [2.75, 3.05) is 0 Å². The monoisotopic (exact) mass is 435 g/mol. The fourth-order valence-electron chi connectivity index (χ4n) is 5.97. The van der Waals surface area contributed by atoms with Crippen LogP contribution in [0.25, 0.3) is 23.1 Å². The summed E-state index contributed by atoms with van der Waals surface area (Å²) in [5.74, 6) is 0.669. The van der Waals surface area contributed by atoms with Gasteiger partial charge in [-0.25, -0.2) is 0 Å². The number of hydrogen-bond acceptors (Lipinski definition) is 3. The van der Waals surface area contributed by atoms with E-state index in [2.05, 4.69) is 70.6 Å². The lowest BCUT2D eigenvalue weighted by atomic mass is 9.69. The Kier molecular flexibility index (Phi) is 4.73. The van der Waals surface area contributed by atoms with Crippen molar-refractivity contribution in [3.05, 3.63) is 94.4 Å². The first-order chi connectivity index (χ1) is 16.1. The van der Waals surface area contributed by atoms with Crippen LogP contribution in [-0.2, 0) is 11.8 Å². The van der Waals surface area contributed by atoms with Gasteiger partial charge in [0, 0.05) is 22.7 Å². The molecule has 0 bridgehead atoms. The largest absolute Gasteiger partial charge is 0.392 e. The Hall–Kier alpha value is -3.24. The molecule has 2 aliphatic carbocycles. The summed E-state index contributed by atoms with van der Waals surface area (Å²) < 4.78 is 0. The normalized spacial score (nSPS) is 26.2. The molecule has 1 spiro atoms. The van der Waals surface area contributed by atoms with E-state index in [9.17, 15) is 5.11 Å². The summed E-state index contributed by atoms with van der Waals surface area (Å²) >= 11 is 0. The van der Waals surface area contributed by atoms with Crippen LogP contribution in [0, 0.1) is 12.8 Å². The van der Waals surface area contributed by atoms with Gasteiger partial charge in [-0.1, -0.05) is 61.9 Å². The molecule has 4 heteroatoms. The molecule has 0 amide bonds. The molecule has 2 aromatic carbocycles. The molecule has 4 aromatic rings. The average Bonchev–Trinajstić information content (AvgIpc) is 3.46. The predicted molar refractivity (Wildman–Crippen MR) is 133 cm³/mol. The zero-order chi connectivity index (χ0) is 22.6. The van der Waals surface area contributed by atoms with Gasteiger partial charge in [0.1, 0.15) is 0 Å². The fourth-order valence-corrected chi connectivity index (χ4v) is 5.97. The van der Waals surface area contributed by atoms with Gasteiger partial charge >= 0.3 is 0 Å². The van der Waals surface area contributed by atoms with Crippen LogP contribution in [0.3, 0.4) is 0 Å². The van der Waals surface area contributed by atoms with Gasteiger partial charge in [0.05, 0.1) is 17.3 Å². The summed E-state index contributed by atoms with van der Waals surface area (Å²) in [6.45, 7) is 4.19. The van der Waals surface area contributed by atoms with Crippen molar-refractivity contribution in [3.8, 4) is 0 Å². The summed E-state index contributed by atoms with van der Waals surface area (Å²) in [7, 11) is 0. The van der Waals surface area contributed by atoms with Crippen LogP contribution in [0.1, 0.15) is 59.3 Å². The van der Waals surface area contributed by atoms with Crippen LogP contribution in [0.2, 0.25) is 0 Å². The molecule has 4 atom stereocenters. The van der Waals surface area contributed by atoms with Crippen LogP contribution in [-0.4, -0.2) is 26.4 Å². The van der Waals surface area contributed by atoms with Crippen LogP contribution < -0.4 is 0 Å². The first kappa shape index (κ1) is 20.4. The number of nitrogens with zero attached hydrogens (tertiary/aromatic N) is 2. The second kappa shape index (κ2) is 7.67. The van der Waals surface area contributed by atoms with E-state index in [0.717, 1.165) is 47.1 Å². The number of H-pyrrole nitrogens is 1. The van der Waals surface area contributed by atoms with Gasteiger partial charge < -0.3 is 5.11 Å². The van der Waals surface area contributed by atoms with Gasteiger partial charge in [-0.15, -0.1) is 0 Å². The molecule has 166 valence electrons. The lowest BCUT2D eigenvalue weighted by molar-refractivity contribution is 0.0557. The predicted octanol–water partition coefficient (Wildman–Crippen LogP) is 5.81. The first-order valence-corrected chi connectivity index (χ1v) is 12.0. The van der Waals surface area contributed by atoms with Gasteiger partial charge in [0.25, 0.3) is 0 Å². The Morgan fingerprint density at radius 2 is 2.00 bits per heavy atom. The Balaban J connectivity index is 1.32. The smallest absolute Gasteiger partial charge is 0.0927 e. The SMILES string of the molecule is CCC1Cc2ccccc2C2(CC2c2ccc3c(/C=C/c4ccc(C)nc4)n[nH]c3c2)C1O. The molecule has 0 aliphatic heterocycles. The second-order valence-electron chi connectivity index (χ2n) is 9.75. The quantitative estimate of drug-likeness (QED) is 0.425. The number of aliphatic hydroxyl groups excluding tert-OH is 1. The van der Waals surface area contributed by atoms with Crippen molar-refractivity contribution in [1.29, 1.82) is 0 Å². The maximum Gasteiger partial charge on any atom is 0.0927 e. The molecule has 4 nitrogen and oxygen atoms in total. The van der Waals surface area contributed by atoms with Gasteiger partial charge in [-0.3, -0.25) is 10.1 Å². The van der Waals surface area contributed by atoms with Crippen LogP contribution >= 0.6 is 0 Å². The number of fused-ring (bicyclic) bond motifs is 3. The van der Waals surface area contributed by atoms with E-state index in [1.54, 1.807) is 0 Å². The molecule has 2 aliphatic rings. The van der Waals surface area contributed by atoms with E-state index in [4.69, 9.17) is 0 Å². The Labute approximate surface area is 194 Å². The minimum Gasteiger partial charge on any atom is -0.392 e. The maximum atomic E-state index is 11.4. The highest BCUT2D eigenvalue weighted by molar-refractivity contribution is 5.90. The number of rotatable bonds is 4. The zero-order valence-electron chi connectivity index (χ0n) is 19.1. The molecule has 4 unspecified atom stereocenters. The van der Waals surface area contributed by atoms with Gasteiger partial charge in [0.2, 0.25) is 0 Å². The molecular formula is C29H29N3O. The van der Waals surface area contributed by atoms with Crippen molar-refractivity contribution in [2.45, 2.75) is 50.5 Å². The third-order valence-corrected chi connectivity index (χ3v) is 7.89. The number of nitrogens with one attached hydrogen (secondary N) is 1. The lowest BCUT2D eigenvalue weighted by Gasteiger charge is -2.38. The Morgan fingerprint density at radius 3 is 2.82 bits per heavy atom. The average molecular weight is 436 g/mol. The molecule has 1 saturated carbocycles. The minimum absolute atomic E-state index is 0.148. The number of aromatic nitrogens is 3. The molecule has 33 heavy (non-hydrogen) atoms. The number of aromatic amines is 1. The van der Waals surface area contributed by atoms with E-state index >= 15 is 0 Å². The lowest BCUT2D eigenvalue weighted by Crippen LogP contribution is -2.40. The van der Waals surface area contributed by atoms with Crippen LogP contribution in [0.4, 0.5) is 0 Å². The molecule has 0 radical (unpaired) electrons. The Morgan fingerprint density at radius 1 is 1.12 bits per heavy atom. The summed E-state index contributed by atoms with van der Waals surface area (Å²) in [6.07, 6.45) is 8.67. The molecule has 2 N–H and O–H groups in total. The number of hydrogen-bond donors (Lipinski definition) is 2. The van der Waals surface area contributed by atoms with E-state index in [1.807, 2.05) is 31.3 Å². The highest BCUT2D eigenvalue weighted by Gasteiger charge is 2.63. The molecule has 2 heterocycles. The Bertz CT molecular complexity index is 1350. The van der Waals surface area contributed by atoms with Gasteiger partial charge in [-0.2, -0.15) is 5.10 Å². The van der Waals surface area contributed by atoms with E-state index in [1.165, 1.54) is 16.7 Å². The number of benzene rings is 2. The minimum atomic E-state index is -0.290.